The Hall–Kier alpha value is -0.610. The van der Waals surface area contributed by atoms with Crippen LogP contribution in [0.4, 0.5) is 0 Å². The number of rotatable bonds is 4. The first kappa shape index (κ1) is 13.5. The Labute approximate surface area is 98.1 Å². The summed E-state index contributed by atoms with van der Waals surface area (Å²) < 4.78 is 5.57. The predicted molar refractivity (Wildman–Crippen MR) is 64.0 cm³/mol. The molecule has 94 valence electrons. The molecule has 1 saturated heterocycles. The van der Waals surface area contributed by atoms with Crippen molar-refractivity contribution in [1.82, 2.24) is 4.90 Å². The van der Waals surface area contributed by atoms with E-state index in [0.29, 0.717) is 13.2 Å². The Kier molecular flexibility index (Phi) is 5.22. The normalized spacial score (nSPS) is 23.6. The molecular formula is C12H24N2O2. The van der Waals surface area contributed by atoms with E-state index in [1.807, 2.05) is 25.7 Å². The third kappa shape index (κ3) is 3.46. The van der Waals surface area contributed by atoms with Crippen molar-refractivity contribution in [2.75, 3.05) is 19.7 Å². The van der Waals surface area contributed by atoms with E-state index in [9.17, 15) is 4.79 Å². The molecule has 1 fully saturated rings. The number of piperidine rings is 1. The highest BCUT2D eigenvalue weighted by molar-refractivity contribution is 5.82. The molecule has 0 radical (unpaired) electrons. The van der Waals surface area contributed by atoms with Crippen LogP contribution in [0, 0.1) is 5.92 Å². The molecule has 2 unspecified atom stereocenters. The molecule has 1 heterocycles. The maximum absolute atomic E-state index is 12.0. The molecule has 4 heteroatoms. The molecule has 0 spiro atoms. The molecule has 1 rings (SSSR count). The van der Waals surface area contributed by atoms with Gasteiger partial charge in [-0.05, 0) is 25.7 Å². The largest absolute Gasteiger partial charge is 0.377 e. The van der Waals surface area contributed by atoms with Gasteiger partial charge in [-0.3, -0.25) is 4.79 Å². The fraction of sp³-hybridized carbons (Fsp3) is 0.917. The number of carbonyl (C=O) groups excluding carboxylic acids is 1. The van der Waals surface area contributed by atoms with E-state index in [0.717, 1.165) is 19.4 Å². The van der Waals surface area contributed by atoms with Gasteiger partial charge < -0.3 is 15.4 Å². The van der Waals surface area contributed by atoms with Gasteiger partial charge in [-0.15, -0.1) is 0 Å². The third-order valence-corrected chi connectivity index (χ3v) is 3.10. The Morgan fingerprint density at radius 3 is 2.81 bits per heavy atom. The lowest BCUT2D eigenvalue weighted by molar-refractivity contribution is -0.137. The number of nitrogens with zero attached hydrogens (tertiary/aromatic N) is 1. The maximum atomic E-state index is 12.0. The summed E-state index contributed by atoms with van der Waals surface area (Å²) in [7, 11) is 0. The van der Waals surface area contributed by atoms with Gasteiger partial charge in [0.1, 0.15) is 0 Å². The minimum atomic E-state index is -0.375. The predicted octanol–water partition coefficient (Wildman–Crippen LogP) is 0.997. The van der Waals surface area contributed by atoms with E-state index < -0.39 is 0 Å². The monoisotopic (exact) mass is 228 g/mol. The van der Waals surface area contributed by atoms with Crippen LogP contribution in [-0.2, 0) is 9.53 Å². The molecular weight excluding hydrogens is 204 g/mol. The Balaban J connectivity index is 2.49. The Morgan fingerprint density at radius 1 is 1.56 bits per heavy atom. The van der Waals surface area contributed by atoms with Gasteiger partial charge in [-0.2, -0.15) is 0 Å². The lowest BCUT2D eigenvalue weighted by atomic mass is 10.0. The van der Waals surface area contributed by atoms with E-state index in [-0.39, 0.29) is 24.0 Å². The highest BCUT2D eigenvalue weighted by Gasteiger charge is 2.28. The summed E-state index contributed by atoms with van der Waals surface area (Å²) >= 11 is 0. The van der Waals surface area contributed by atoms with Gasteiger partial charge in [0.25, 0.3) is 0 Å². The average molecular weight is 228 g/mol. The number of ether oxygens (including phenoxy) is 1. The summed E-state index contributed by atoms with van der Waals surface area (Å²) in [5, 5.41) is 0. The molecule has 2 atom stereocenters. The van der Waals surface area contributed by atoms with Gasteiger partial charge in [0.2, 0.25) is 5.91 Å². The summed E-state index contributed by atoms with van der Waals surface area (Å²) in [5.41, 5.74) is 5.88. The van der Waals surface area contributed by atoms with Crippen LogP contribution < -0.4 is 5.73 Å². The molecule has 0 bridgehead atoms. The first-order valence-corrected chi connectivity index (χ1v) is 6.22. The van der Waals surface area contributed by atoms with Crippen molar-refractivity contribution in [2.45, 2.75) is 45.8 Å². The zero-order chi connectivity index (χ0) is 12.1. The van der Waals surface area contributed by atoms with Gasteiger partial charge in [-0.25, -0.2) is 0 Å². The fourth-order valence-corrected chi connectivity index (χ4v) is 2.01. The zero-order valence-corrected chi connectivity index (χ0v) is 10.6. The number of hydrogen-bond donors (Lipinski definition) is 1. The van der Waals surface area contributed by atoms with Crippen LogP contribution in [0.3, 0.4) is 0 Å². The second-order valence-electron chi connectivity index (χ2n) is 4.77. The third-order valence-electron chi connectivity index (χ3n) is 3.10. The molecule has 2 N–H and O–H groups in total. The standard InChI is InChI=1S/C12H24N2O2/c1-4-16-10-6-5-7-14(8-10)12(15)11(13)9(2)3/h9-11H,4-8,13H2,1-3H3. The second-order valence-corrected chi connectivity index (χ2v) is 4.77. The molecule has 0 aromatic rings. The highest BCUT2D eigenvalue weighted by atomic mass is 16.5. The number of carbonyl (C=O) groups is 1. The summed E-state index contributed by atoms with van der Waals surface area (Å²) in [4.78, 5) is 13.9. The minimum absolute atomic E-state index is 0.0689. The van der Waals surface area contributed by atoms with Crippen molar-refractivity contribution >= 4 is 5.91 Å². The minimum Gasteiger partial charge on any atom is -0.377 e. The van der Waals surface area contributed by atoms with Crippen molar-refractivity contribution in [1.29, 1.82) is 0 Å². The van der Waals surface area contributed by atoms with E-state index >= 15 is 0 Å². The first-order valence-electron chi connectivity index (χ1n) is 6.22. The van der Waals surface area contributed by atoms with Crippen LogP contribution in [0.1, 0.15) is 33.6 Å². The summed E-state index contributed by atoms with van der Waals surface area (Å²) in [6.07, 6.45) is 2.26. The molecule has 1 aliphatic heterocycles. The van der Waals surface area contributed by atoms with Gasteiger partial charge in [0, 0.05) is 19.7 Å². The van der Waals surface area contributed by atoms with Crippen molar-refractivity contribution in [3.8, 4) is 0 Å². The van der Waals surface area contributed by atoms with Crippen LogP contribution in [-0.4, -0.2) is 42.6 Å². The fourth-order valence-electron chi connectivity index (χ4n) is 2.01. The van der Waals surface area contributed by atoms with Gasteiger partial charge in [-0.1, -0.05) is 13.8 Å². The summed E-state index contributed by atoms with van der Waals surface area (Å²) in [5.74, 6) is 0.263. The molecule has 0 aromatic carbocycles. The molecule has 0 aliphatic carbocycles. The Bertz CT molecular complexity index is 229. The lowest BCUT2D eigenvalue weighted by Crippen LogP contribution is -2.51. The van der Waals surface area contributed by atoms with E-state index in [4.69, 9.17) is 10.5 Å². The number of amides is 1. The van der Waals surface area contributed by atoms with Crippen LogP contribution >= 0.6 is 0 Å². The van der Waals surface area contributed by atoms with E-state index in [2.05, 4.69) is 0 Å². The zero-order valence-electron chi connectivity index (χ0n) is 10.6. The Morgan fingerprint density at radius 2 is 2.25 bits per heavy atom. The molecule has 16 heavy (non-hydrogen) atoms. The SMILES string of the molecule is CCOC1CCCN(C(=O)C(N)C(C)C)C1. The first-order chi connectivity index (χ1) is 7.56. The quantitative estimate of drug-likeness (QED) is 0.781. The van der Waals surface area contributed by atoms with Crippen LogP contribution in [0.15, 0.2) is 0 Å². The molecule has 1 amide bonds. The molecule has 4 nitrogen and oxygen atoms in total. The smallest absolute Gasteiger partial charge is 0.239 e. The van der Waals surface area contributed by atoms with E-state index in [1.165, 1.54) is 0 Å². The number of hydrogen-bond acceptors (Lipinski definition) is 3. The van der Waals surface area contributed by atoms with Gasteiger partial charge in [0.15, 0.2) is 0 Å². The summed E-state index contributed by atoms with van der Waals surface area (Å²) in [6, 6.07) is -0.375. The topological polar surface area (TPSA) is 55.6 Å². The van der Waals surface area contributed by atoms with Gasteiger partial charge >= 0.3 is 0 Å². The van der Waals surface area contributed by atoms with Crippen molar-refractivity contribution in [3.63, 3.8) is 0 Å². The van der Waals surface area contributed by atoms with E-state index in [1.54, 1.807) is 0 Å². The maximum Gasteiger partial charge on any atom is 0.239 e. The lowest BCUT2D eigenvalue weighted by Gasteiger charge is -2.34. The van der Waals surface area contributed by atoms with Crippen molar-refractivity contribution in [3.05, 3.63) is 0 Å². The molecule has 1 aliphatic rings. The number of nitrogens with two attached hydrogens (primary N) is 1. The van der Waals surface area contributed by atoms with Gasteiger partial charge in [0.05, 0.1) is 12.1 Å². The van der Waals surface area contributed by atoms with Crippen molar-refractivity contribution in [2.24, 2.45) is 11.7 Å². The van der Waals surface area contributed by atoms with Crippen LogP contribution in [0.5, 0.6) is 0 Å². The van der Waals surface area contributed by atoms with Crippen LogP contribution in [0.2, 0.25) is 0 Å². The average Bonchev–Trinajstić information content (AvgIpc) is 2.28. The van der Waals surface area contributed by atoms with Crippen molar-refractivity contribution < 1.29 is 9.53 Å². The second kappa shape index (κ2) is 6.21. The summed E-state index contributed by atoms with van der Waals surface area (Å²) in [6.45, 7) is 8.18. The molecule has 0 aromatic heterocycles. The highest BCUT2D eigenvalue weighted by Crippen LogP contribution is 2.15. The number of likely N-dealkylation sites (tertiary alicyclic amines) is 1. The van der Waals surface area contributed by atoms with Crippen LogP contribution in [0.25, 0.3) is 0 Å². The molecule has 0 saturated carbocycles.